The predicted octanol–water partition coefficient (Wildman–Crippen LogP) is 3.05. The first-order valence-corrected chi connectivity index (χ1v) is 7.51. The average molecular weight is 334 g/mol. The summed E-state index contributed by atoms with van der Waals surface area (Å²) in [7, 11) is 0. The van der Waals surface area contributed by atoms with Crippen molar-refractivity contribution in [1.82, 2.24) is 9.55 Å². The molecule has 0 fully saturated rings. The number of para-hydroxylation sites is 1. The third-order valence-corrected chi connectivity index (χ3v) is 3.80. The van der Waals surface area contributed by atoms with Crippen molar-refractivity contribution in [3.63, 3.8) is 0 Å². The van der Waals surface area contributed by atoms with Gasteiger partial charge in [0.25, 0.3) is 5.56 Å². The van der Waals surface area contributed by atoms with Crippen molar-refractivity contribution in [3.8, 4) is 11.4 Å². The van der Waals surface area contributed by atoms with Gasteiger partial charge in [-0.2, -0.15) is 0 Å². The number of aromatic nitrogens is 2. The maximum absolute atomic E-state index is 12.9. The molecule has 0 unspecified atom stereocenters. The van der Waals surface area contributed by atoms with Crippen LogP contribution in [0.1, 0.15) is 25.3 Å². The smallest absolute Gasteiger partial charge is 0.263 e. The minimum Gasteiger partial charge on any atom is -0.507 e. The summed E-state index contributed by atoms with van der Waals surface area (Å²) >= 11 is 0. The molecular weight excluding hydrogens is 316 g/mol. The Hall–Kier alpha value is -1.36. The van der Waals surface area contributed by atoms with Crippen LogP contribution in [0.25, 0.3) is 16.7 Å². The van der Waals surface area contributed by atoms with Gasteiger partial charge in [0.2, 0.25) is 0 Å². The maximum atomic E-state index is 12.9. The van der Waals surface area contributed by atoms with Gasteiger partial charge in [0.05, 0.1) is 16.6 Å². The second-order valence-electron chi connectivity index (χ2n) is 5.28. The van der Waals surface area contributed by atoms with Crippen molar-refractivity contribution in [3.05, 3.63) is 64.6 Å². The molecule has 0 atom stereocenters. The van der Waals surface area contributed by atoms with Crippen molar-refractivity contribution in [2.45, 2.75) is 26.2 Å². The van der Waals surface area contributed by atoms with Gasteiger partial charge in [0.15, 0.2) is 5.65 Å². The van der Waals surface area contributed by atoms with Crippen LogP contribution in [-0.4, -0.2) is 52.4 Å². The van der Waals surface area contributed by atoms with E-state index in [0.717, 1.165) is 18.5 Å². The molecule has 0 saturated carbocycles. The van der Waals surface area contributed by atoms with Gasteiger partial charge in [0, 0.05) is 43.9 Å². The van der Waals surface area contributed by atoms with E-state index in [4.69, 9.17) is 0 Å². The number of benzene rings is 1. The third kappa shape index (κ3) is 3.44. The molecule has 23 heavy (non-hydrogen) atoms. The largest absolute Gasteiger partial charge is 0.507 e. The zero-order valence-electron chi connectivity index (χ0n) is 13.2. The van der Waals surface area contributed by atoms with E-state index >= 15 is 0 Å². The van der Waals surface area contributed by atoms with Crippen LogP contribution in [0.5, 0.6) is 5.75 Å². The number of unbranched alkanes of at least 4 members (excludes halogenated alkanes) is 1. The van der Waals surface area contributed by atoms with E-state index in [1.54, 1.807) is 22.9 Å². The molecule has 0 bridgehead atoms. The molecule has 4 nitrogen and oxygen atoms in total. The van der Waals surface area contributed by atoms with Crippen LogP contribution in [0, 0.1) is 0 Å². The summed E-state index contributed by atoms with van der Waals surface area (Å²) in [6, 6.07) is 13.0. The Morgan fingerprint density at radius 1 is 1.13 bits per heavy atom. The van der Waals surface area contributed by atoms with E-state index < -0.39 is 0 Å². The molecule has 3 rings (SSSR count). The first-order chi connectivity index (χ1) is 10.7. The summed E-state index contributed by atoms with van der Waals surface area (Å²) in [6.45, 7) is 2.06. The van der Waals surface area contributed by atoms with Crippen molar-refractivity contribution >= 4 is 48.8 Å². The molecular formula is C18H18CaN2O2. The van der Waals surface area contributed by atoms with E-state index in [2.05, 4.69) is 11.9 Å². The van der Waals surface area contributed by atoms with E-state index in [-0.39, 0.29) is 49.0 Å². The molecule has 0 spiro atoms. The standard InChI is InChI=1S/C18H18N2O2.Ca/c1-2-3-10-15-16(21)14-11-7-12-19-17(14)20(18(15)22)13-8-5-4-6-9-13;/h4-9,11-12,21H,2-3,10H2,1H3;. The Balaban J connectivity index is 0.00000192. The Morgan fingerprint density at radius 2 is 1.87 bits per heavy atom. The normalized spacial score (nSPS) is 10.5. The van der Waals surface area contributed by atoms with Gasteiger partial charge in [0.1, 0.15) is 5.75 Å². The Morgan fingerprint density at radius 3 is 2.57 bits per heavy atom. The summed E-state index contributed by atoms with van der Waals surface area (Å²) in [5, 5.41) is 11.1. The number of nitrogens with zero attached hydrogens (tertiary/aromatic N) is 2. The number of pyridine rings is 2. The molecule has 0 saturated heterocycles. The first kappa shape index (κ1) is 18.0. The Kier molecular flexibility index (Phi) is 6.22. The van der Waals surface area contributed by atoms with Crippen LogP contribution >= 0.6 is 0 Å². The van der Waals surface area contributed by atoms with Gasteiger partial charge < -0.3 is 5.11 Å². The minimum atomic E-state index is -0.191. The number of rotatable bonds is 4. The monoisotopic (exact) mass is 334 g/mol. The topological polar surface area (TPSA) is 55.1 Å². The molecule has 2 radical (unpaired) electrons. The van der Waals surface area contributed by atoms with Crippen molar-refractivity contribution < 1.29 is 5.11 Å². The second-order valence-corrected chi connectivity index (χ2v) is 5.28. The summed E-state index contributed by atoms with van der Waals surface area (Å²) in [5.74, 6) is 0.0636. The van der Waals surface area contributed by atoms with Crippen LogP contribution in [0.3, 0.4) is 0 Å². The van der Waals surface area contributed by atoms with Gasteiger partial charge in [-0.15, -0.1) is 0 Å². The Bertz CT molecular complexity index is 860. The number of aromatic hydroxyl groups is 1. The Labute approximate surface area is 164 Å². The minimum absolute atomic E-state index is 0. The second kappa shape index (κ2) is 7.95. The zero-order chi connectivity index (χ0) is 15.5. The molecule has 2 aromatic heterocycles. The molecule has 0 aliphatic rings. The fraction of sp³-hybridized carbons (Fsp3) is 0.222. The van der Waals surface area contributed by atoms with E-state index in [1.165, 1.54) is 0 Å². The summed E-state index contributed by atoms with van der Waals surface area (Å²) in [5.41, 5.74) is 1.51. The summed E-state index contributed by atoms with van der Waals surface area (Å²) in [4.78, 5) is 17.2. The van der Waals surface area contributed by atoms with Crippen LogP contribution < -0.4 is 5.56 Å². The van der Waals surface area contributed by atoms with Crippen LogP contribution in [0.2, 0.25) is 0 Å². The van der Waals surface area contributed by atoms with E-state index in [9.17, 15) is 9.90 Å². The molecule has 3 aromatic rings. The van der Waals surface area contributed by atoms with Crippen LogP contribution in [-0.2, 0) is 6.42 Å². The van der Waals surface area contributed by atoms with Gasteiger partial charge >= 0.3 is 0 Å². The van der Waals surface area contributed by atoms with Crippen LogP contribution in [0.4, 0.5) is 0 Å². The molecule has 1 aromatic carbocycles. The van der Waals surface area contributed by atoms with E-state index in [0.29, 0.717) is 23.0 Å². The summed E-state index contributed by atoms with van der Waals surface area (Å²) in [6.07, 6.45) is 4.03. The van der Waals surface area contributed by atoms with Crippen molar-refractivity contribution in [2.75, 3.05) is 0 Å². The fourth-order valence-electron chi connectivity index (χ4n) is 2.65. The number of hydrogen-bond acceptors (Lipinski definition) is 3. The quantitative estimate of drug-likeness (QED) is 0.746. The number of hydrogen-bond donors (Lipinski definition) is 1. The molecule has 2 heterocycles. The van der Waals surface area contributed by atoms with E-state index in [1.807, 2.05) is 30.3 Å². The van der Waals surface area contributed by atoms with Gasteiger partial charge in [-0.3, -0.25) is 9.36 Å². The molecule has 1 N–H and O–H groups in total. The molecule has 0 aliphatic carbocycles. The maximum Gasteiger partial charge on any atom is 0.263 e. The zero-order valence-corrected chi connectivity index (χ0v) is 15.4. The third-order valence-electron chi connectivity index (χ3n) is 3.80. The van der Waals surface area contributed by atoms with Gasteiger partial charge in [-0.1, -0.05) is 31.5 Å². The van der Waals surface area contributed by atoms with Crippen molar-refractivity contribution in [1.29, 1.82) is 0 Å². The van der Waals surface area contributed by atoms with Crippen molar-refractivity contribution in [2.24, 2.45) is 0 Å². The molecule has 0 aliphatic heterocycles. The molecule has 0 amide bonds. The average Bonchev–Trinajstić information content (AvgIpc) is 2.56. The van der Waals surface area contributed by atoms with Gasteiger partial charge in [-0.25, -0.2) is 4.98 Å². The fourth-order valence-corrected chi connectivity index (χ4v) is 2.65. The molecule has 114 valence electrons. The SMILES string of the molecule is CCCCc1c(O)c2cccnc2n(-c2ccccc2)c1=O.[Ca]. The molecule has 5 heteroatoms. The summed E-state index contributed by atoms with van der Waals surface area (Å²) < 4.78 is 1.58. The number of fused-ring (bicyclic) bond motifs is 1. The van der Waals surface area contributed by atoms with Gasteiger partial charge in [-0.05, 0) is 37.1 Å². The first-order valence-electron chi connectivity index (χ1n) is 7.51. The predicted molar refractivity (Wildman–Crippen MR) is 93.4 cm³/mol. The van der Waals surface area contributed by atoms with Crippen LogP contribution in [0.15, 0.2) is 53.5 Å².